The number of allylic oxidation sites excluding steroid dienone is 1. The highest BCUT2D eigenvalue weighted by Crippen LogP contribution is 2.37. The predicted octanol–water partition coefficient (Wildman–Crippen LogP) is 4.74. The summed E-state index contributed by atoms with van der Waals surface area (Å²) >= 11 is 0. The zero-order valence-corrected chi connectivity index (χ0v) is 12.8. The summed E-state index contributed by atoms with van der Waals surface area (Å²) in [6.07, 6.45) is 5.24. The standard InChI is InChI=1S/C19H16N2O2/c1-13-10-11-15-14-6-2-3-7-16(14)20(19(15)12-13)17-8-4-5-9-18(17)21(22)23/h2-11,13H,12H2,1H3. The molecule has 2 aromatic carbocycles. The second-order valence-corrected chi connectivity index (χ2v) is 6.00. The predicted molar refractivity (Wildman–Crippen MR) is 91.8 cm³/mol. The van der Waals surface area contributed by atoms with Gasteiger partial charge in [0, 0.05) is 22.7 Å². The fourth-order valence-electron chi connectivity index (χ4n) is 3.42. The molecular formula is C19H16N2O2. The van der Waals surface area contributed by atoms with Crippen LogP contribution in [-0.2, 0) is 6.42 Å². The van der Waals surface area contributed by atoms with Crippen LogP contribution in [0, 0.1) is 16.0 Å². The van der Waals surface area contributed by atoms with Crippen molar-refractivity contribution in [3.8, 4) is 5.69 Å². The van der Waals surface area contributed by atoms with Crippen LogP contribution in [0.3, 0.4) is 0 Å². The molecule has 0 saturated carbocycles. The zero-order chi connectivity index (χ0) is 16.0. The third-order valence-electron chi connectivity index (χ3n) is 4.44. The molecule has 0 saturated heterocycles. The Kier molecular flexibility index (Phi) is 3.05. The summed E-state index contributed by atoms with van der Waals surface area (Å²) in [5, 5.41) is 12.6. The van der Waals surface area contributed by atoms with E-state index in [1.54, 1.807) is 12.1 Å². The van der Waals surface area contributed by atoms with Gasteiger partial charge in [-0.3, -0.25) is 10.1 Å². The van der Waals surface area contributed by atoms with E-state index in [4.69, 9.17) is 0 Å². The van der Waals surface area contributed by atoms with Gasteiger partial charge in [-0.15, -0.1) is 0 Å². The monoisotopic (exact) mass is 304 g/mol. The summed E-state index contributed by atoms with van der Waals surface area (Å²) in [5.74, 6) is 0.424. The van der Waals surface area contributed by atoms with Gasteiger partial charge in [0.05, 0.1) is 10.4 Å². The maximum absolute atomic E-state index is 11.5. The van der Waals surface area contributed by atoms with E-state index in [1.165, 1.54) is 5.56 Å². The van der Waals surface area contributed by atoms with E-state index in [9.17, 15) is 10.1 Å². The second kappa shape index (κ2) is 5.09. The first-order valence-electron chi connectivity index (χ1n) is 7.71. The van der Waals surface area contributed by atoms with Crippen LogP contribution in [0.15, 0.2) is 54.6 Å². The van der Waals surface area contributed by atoms with Crippen LogP contribution in [0.4, 0.5) is 5.69 Å². The van der Waals surface area contributed by atoms with E-state index >= 15 is 0 Å². The maximum Gasteiger partial charge on any atom is 0.293 e. The molecule has 1 heterocycles. The van der Waals surface area contributed by atoms with Crippen LogP contribution in [0.1, 0.15) is 18.2 Å². The molecule has 114 valence electrons. The van der Waals surface area contributed by atoms with E-state index in [1.807, 2.05) is 30.3 Å². The molecule has 0 aliphatic heterocycles. The van der Waals surface area contributed by atoms with Crippen molar-refractivity contribution in [3.63, 3.8) is 0 Å². The first-order chi connectivity index (χ1) is 11.2. The van der Waals surface area contributed by atoms with Crippen molar-refractivity contribution in [1.82, 2.24) is 4.57 Å². The Morgan fingerprint density at radius 3 is 2.70 bits per heavy atom. The first-order valence-corrected chi connectivity index (χ1v) is 7.71. The molecule has 0 spiro atoms. The third kappa shape index (κ3) is 2.06. The van der Waals surface area contributed by atoms with E-state index in [2.05, 4.69) is 29.7 Å². The number of nitro groups is 1. The van der Waals surface area contributed by atoms with Gasteiger partial charge in [-0.25, -0.2) is 0 Å². The number of fused-ring (bicyclic) bond motifs is 3. The van der Waals surface area contributed by atoms with Gasteiger partial charge in [0.15, 0.2) is 0 Å². The average molecular weight is 304 g/mol. The van der Waals surface area contributed by atoms with Crippen molar-refractivity contribution in [2.75, 3.05) is 0 Å². The minimum Gasteiger partial charge on any atom is -0.307 e. The van der Waals surface area contributed by atoms with Crippen LogP contribution in [0.2, 0.25) is 0 Å². The van der Waals surface area contributed by atoms with Gasteiger partial charge in [-0.05, 0) is 24.5 Å². The molecule has 0 bridgehead atoms. The Morgan fingerprint density at radius 1 is 1.13 bits per heavy atom. The highest BCUT2D eigenvalue weighted by Gasteiger charge is 2.24. The fourth-order valence-corrected chi connectivity index (χ4v) is 3.42. The number of benzene rings is 2. The molecule has 0 fully saturated rings. The normalized spacial score (nSPS) is 16.5. The highest BCUT2D eigenvalue weighted by atomic mass is 16.6. The Hall–Kier alpha value is -2.88. The number of para-hydroxylation sites is 3. The Labute approximate surface area is 133 Å². The van der Waals surface area contributed by atoms with Gasteiger partial charge in [0.2, 0.25) is 0 Å². The quantitative estimate of drug-likeness (QED) is 0.507. The van der Waals surface area contributed by atoms with Gasteiger partial charge in [-0.2, -0.15) is 0 Å². The average Bonchev–Trinajstić information content (AvgIpc) is 2.88. The molecule has 1 aliphatic rings. The van der Waals surface area contributed by atoms with E-state index < -0.39 is 0 Å². The summed E-state index contributed by atoms with van der Waals surface area (Å²) in [4.78, 5) is 11.2. The first kappa shape index (κ1) is 13.8. The zero-order valence-electron chi connectivity index (χ0n) is 12.8. The maximum atomic E-state index is 11.5. The van der Waals surface area contributed by atoms with Gasteiger partial charge < -0.3 is 4.57 Å². The van der Waals surface area contributed by atoms with E-state index in [0.29, 0.717) is 11.6 Å². The smallest absolute Gasteiger partial charge is 0.293 e. The molecule has 1 aliphatic carbocycles. The Balaban J connectivity index is 2.11. The summed E-state index contributed by atoms with van der Waals surface area (Å²) in [5.41, 5.74) is 4.12. The number of rotatable bonds is 2. The Bertz CT molecular complexity index is 953. The lowest BCUT2D eigenvalue weighted by molar-refractivity contribution is -0.384. The summed E-state index contributed by atoms with van der Waals surface area (Å²) in [7, 11) is 0. The summed E-state index contributed by atoms with van der Waals surface area (Å²) in [6.45, 7) is 2.17. The SMILES string of the molecule is CC1C=Cc2c(n(-c3ccccc3[N+](=O)[O-])c3ccccc23)C1. The van der Waals surface area contributed by atoms with Crippen LogP contribution in [-0.4, -0.2) is 9.49 Å². The molecule has 4 heteroatoms. The number of nitro benzene ring substituents is 1. The van der Waals surface area contributed by atoms with Gasteiger partial charge >= 0.3 is 0 Å². The molecular weight excluding hydrogens is 288 g/mol. The van der Waals surface area contributed by atoms with Crippen LogP contribution < -0.4 is 0 Å². The summed E-state index contributed by atoms with van der Waals surface area (Å²) < 4.78 is 2.06. The molecule has 4 nitrogen and oxygen atoms in total. The lowest BCUT2D eigenvalue weighted by Crippen LogP contribution is -2.09. The van der Waals surface area contributed by atoms with Gasteiger partial charge in [0.25, 0.3) is 5.69 Å². The fraction of sp³-hybridized carbons (Fsp3) is 0.158. The van der Waals surface area contributed by atoms with Gasteiger partial charge in [0.1, 0.15) is 5.69 Å². The molecule has 0 amide bonds. The lowest BCUT2D eigenvalue weighted by Gasteiger charge is -2.17. The number of hydrogen-bond donors (Lipinski definition) is 0. The van der Waals surface area contributed by atoms with Crippen molar-refractivity contribution in [1.29, 1.82) is 0 Å². The minimum absolute atomic E-state index is 0.137. The van der Waals surface area contributed by atoms with E-state index in [-0.39, 0.29) is 10.6 Å². The van der Waals surface area contributed by atoms with Crippen LogP contribution >= 0.6 is 0 Å². The van der Waals surface area contributed by atoms with Crippen molar-refractivity contribution < 1.29 is 4.92 Å². The number of hydrogen-bond acceptors (Lipinski definition) is 2. The number of aromatic nitrogens is 1. The van der Waals surface area contributed by atoms with Gasteiger partial charge in [-0.1, -0.05) is 49.4 Å². The molecule has 1 atom stereocenters. The van der Waals surface area contributed by atoms with Crippen molar-refractivity contribution in [2.45, 2.75) is 13.3 Å². The number of nitrogens with zero attached hydrogens (tertiary/aromatic N) is 2. The van der Waals surface area contributed by atoms with E-state index in [0.717, 1.165) is 23.0 Å². The topological polar surface area (TPSA) is 48.1 Å². The highest BCUT2D eigenvalue weighted by molar-refractivity contribution is 5.93. The Morgan fingerprint density at radius 2 is 1.87 bits per heavy atom. The van der Waals surface area contributed by atoms with Crippen LogP contribution in [0.25, 0.3) is 22.7 Å². The molecule has 0 N–H and O–H groups in total. The summed E-state index contributed by atoms with van der Waals surface area (Å²) in [6, 6.07) is 15.1. The molecule has 4 rings (SSSR count). The van der Waals surface area contributed by atoms with Crippen molar-refractivity contribution in [3.05, 3.63) is 76.0 Å². The van der Waals surface area contributed by atoms with Crippen LogP contribution in [0.5, 0.6) is 0 Å². The largest absolute Gasteiger partial charge is 0.307 e. The molecule has 3 aromatic rings. The lowest BCUT2D eigenvalue weighted by atomic mass is 9.95. The minimum atomic E-state index is -0.307. The molecule has 0 radical (unpaired) electrons. The van der Waals surface area contributed by atoms with Crippen molar-refractivity contribution >= 4 is 22.7 Å². The van der Waals surface area contributed by atoms with Crippen molar-refractivity contribution in [2.24, 2.45) is 5.92 Å². The molecule has 1 unspecified atom stereocenters. The third-order valence-corrected chi connectivity index (χ3v) is 4.44. The molecule has 23 heavy (non-hydrogen) atoms. The second-order valence-electron chi connectivity index (χ2n) is 6.00. The molecule has 1 aromatic heterocycles.